The minimum absolute atomic E-state index is 0.00675. The number of nitrogens with zero attached hydrogens (tertiary/aromatic N) is 1. The molecule has 0 unspecified atom stereocenters. The molecule has 0 N–H and O–H groups in total. The molecule has 5 heteroatoms. The summed E-state index contributed by atoms with van der Waals surface area (Å²) >= 11 is 0. The van der Waals surface area contributed by atoms with E-state index in [1.54, 1.807) is 24.0 Å². The second-order valence-electron chi connectivity index (χ2n) is 6.17. The highest BCUT2D eigenvalue weighted by Gasteiger charge is 2.60. The molecule has 0 radical (unpaired) electrons. The number of hydrogen-bond donors (Lipinski definition) is 0. The first-order valence-corrected chi connectivity index (χ1v) is 8.15. The number of amides is 1. The van der Waals surface area contributed by atoms with Crippen molar-refractivity contribution in [3.8, 4) is 0 Å². The smallest absolute Gasteiger partial charge is 0.332 e. The molecule has 2 aliphatic rings. The first-order chi connectivity index (χ1) is 11.1. The Labute approximate surface area is 135 Å². The third-order valence-electron chi connectivity index (χ3n) is 5.04. The highest BCUT2D eigenvalue weighted by atomic mass is 16.5. The number of esters is 1. The normalized spacial score (nSPS) is 26.2. The molecule has 2 atom stereocenters. The molecule has 0 aromatic heterocycles. The zero-order chi connectivity index (χ0) is 16.4. The SMILES string of the molecule is CCOC(=O)[C@@]12CCC(=O)N1CC[C@@H]2CC(=O)c1ccccc1. The van der Waals surface area contributed by atoms with Gasteiger partial charge in [-0.25, -0.2) is 4.79 Å². The lowest BCUT2D eigenvalue weighted by molar-refractivity contribution is -0.159. The molecule has 0 saturated carbocycles. The molecule has 0 spiro atoms. The summed E-state index contributed by atoms with van der Waals surface area (Å²) in [4.78, 5) is 38.9. The fraction of sp³-hybridized carbons (Fsp3) is 0.500. The molecular weight excluding hydrogens is 294 g/mol. The zero-order valence-electron chi connectivity index (χ0n) is 13.3. The van der Waals surface area contributed by atoms with E-state index in [0.717, 1.165) is 0 Å². The number of Topliss-reactive ketones (excluding diaryl/α,β-unsaturated/α-hetero) is 1. The molecule has 3 rings (SSSR count). The molecule has 0 aliphatic carbocycles. The van der Waals surface area contributed by atoms with E-state index in [0.29, 0.717) is 31.4 Å². The standard InChI is InChI=1S/C18H21NO4/c1-2-23-17(22)18-10-8-16(21)19(18)11-9-14(18)12-15(20)13-6-4-3-5-7-13/h3-7,14H,2,8-12H2,1H3/t14-,18+/m1/s1. The Morgan fingerprint density at radius 1 is 1.30 bits per heavy atom. The van der Waals surface area contributed by atoms with E-state index in [1.807, 2.05) is 18.2 Å². The Morgan fingerprint density at radius 3 is 2.74 bits per heavy atom. The van der Waals surface area contributed by atoms with Crippen molar-refractivity contribution >= 4 is 17.7 Å². The van der Waals surface area contributed by atoms with Gasteiger partial charge in [-0.1, -0.05) is 30.3 Å². The van der Waals surface area contributed by atoms with Crippen LogP contribution in [0.25, 0.3) is 0 Å². The number of hydrogen-bond acceptors (Lipinski definition) is 4. The van der Waals surface area contributed by atoms with Gasteiger partial charge in [0.1, 0.15) is 5.54 Å². The lowest BCUT2D eigenvalue weighted by Gasteiger charge is -2.34. The number of ether oxygens (including phenoxy) is 1. The van der Waals surface area contributed by atoms with Crippen LogP contribution in [0.1, 0.15) is 43.0 Å². The second kappa shape index (κ2) is 6.14. The Bertz CT molecular complexity index is 627. The lowest BCUT2D eigenvalue weighted by atomic mass is 9.79. The summed E-state index contributed by atoms with van der Waals surface area (Å²) in [6.45, 7) is 2.57. The molecule has 2 heterocycles. The molecule has 1 aromatic carbocycles. The van der Waals surface area contributed by atoms with E-state index >= 15 is 0 Å². The van der Waals surface area contributed by atoms with Crippen molar-refractivity contribution in [2.24, 2.45) is 5.92 Å². The number of carbonyl (C=O) groups is 3. The van der Waals surface area contributed by atoms with Gasteiger partial charge >= 0.3 is 5.97 Å². The first-order valence-electron chi connectivity index (χ1n) is 8.15. The van der Waals surface area contributed by atoms with Crippen LogP contribution >= 0.6 is 0 Å². The van der Waals surface area contributed by atoms with E-state index in [1.165, 1.54) is 0 Å². The number of carbonyl (C=O) groups excluding carboxylic acids is 3. The first kappa shape index (κ1) is 15.7. The molecule has 122 valence electrons. The van der Waals surface area contributed by atoms with Crippen molar-refractivity contribution in [2.75, 3.05) is 13.2 Å². The summed E-state index contributed by atoms with van der Waals surface area (Å²) in [7, 11) is 0. The molecule has 1 aromatic rings. The van der Waals surface area contributed by atoms with Crippen molar-refractivity contribution in [3.05, 3.63) is 35.9 Å². The highest BCUT2D eigenvalue weighted by Crippen LogP contribution is 2.46. The topological polar surface area (TPSA) is 63.7 Å². The van der Waals surface area contributed by atoms with Crippen LogP contribution in [-0.2, 0) is 14.3 Å². The van der Waals surface area contributed by atoms with Crippen LogP contribution in [0.15, 0.2) is 30.3 Å². The van der Waals surface area contributed by atoms with Gasteiger partial charge in [-0.15, -0.1) is 0 Å². The van der Waals surface area contributed by atoms with Crippen LogP contribution in [0.2, 0.25) is 0 Å². The third-order valence-corrected chi connectivity index (χ3v) is 5.04. The molecule has 2 aliphatic heterocycles. The summed E-state index contributed by atoms with van der Waals surface area (Å²) < 4.78 is 5.25. The summed E-state index contributed by atoms with van der Waals surface area (Å²) in [5.41, 5.74) is -0.286. The molecule has 5 nitrogen and oxygen atoms in total. The summed E-state index contributed by atoms with van der Waals surface area (Å²) in [5, 5.41) is 0. The number of benzene rings is 1. The van der Waals surface area contributed by atoms with Crippen LogP contribution in [0.4, 0.5) is 0 Å². The maximum absolute atomic E-state index is 12.6. The number of fused-ring (bicyclic) bond motifs is 1. The Kier molecular flexibility index (Phi) is 4.20. The van der Waals surface area contributed by atoms with E-state index in [2.05, 4.69) is 0 Å². The van der Waals surface area contributed by atoms with Crippen LogP contribution < -0.4 is 0 Å². The quantitative estimate of drug-likeness (QED) is 0.617. The van der Waals surface area contributed by atoms with Gasteiger partial charge < -0.3 is 9.64 Å². The lowest BCUT2D eigenvalue weighted by Crippen LogP contribution is -2.52. The van der Waals surface area contributed by atoms with Gasteiger partial charge in [0.15, 0.2) is 5.78 Å². The molecule has 1 amide bonds. The predicted octanol–water partition coefficient (Wildman–Crippen LogP) is 2.20. The van der Waals surface area contributed by atoms with Crippen LogP contribution in [0.3, 0.4) is 0 Å². The van der Waals surface area contributed by atoms with Crippen LogP contribution in [-0.4, -0.2) is 41.3 Å². The van der Waals surface area contributed by atoms with Crippen LogP contribution in [0, 0.1) is 5.92 Å². The minimum atomic E-state index is -0.933. The molecular formula is C18H21NO4. The average molecular weight is 315 g/mol. The molecule has 2 fully saturated rings. The van der Waals surface area contributed by atoms with Crippen LogP contribution in [0.5, 0.6) is 0 Å². The summed E-state index contributed by atoms with van der Waals surface area (Å²) in [5.74, 6) is -0.511. The van der Waals surface area contributed by atoms with Crippen molar-refractivity contribution in [3.63, 3.8) is 0 Å². The third kappa shape index (κ3) is 2.54. The van der Waals surface area contributed by atoms with E-state index in [4.69, 9.17) is 4.74 Å². The number of ketones is 1. The summed E-state index contributed by atoms with van der Waals surface area (Å²) in [6, 6.07) is 9.09. The van der Waals surface area contributed by atoms with Gasteiger partial charge in [-0.2, -0.15) is 0 Å². The van der Waals surface area contributed by atoms with E-state index < -0.39 is 5.54 Å². The zero-order valence-corrected chi connectivity index (χ0v) is 13.3. The second-order valence-corrected chi connectivity index (χ2v) is 6.17. The fourth-order valence-corrected chi connectivity index (χ4v) is 3.93. The van der Waals surface area contributed by atoms with E-state index in [9.17, 15) is 14.4 Å². The molecule has 0 bridgehead atoms. The van der Waals surface area contributed by atoms with Gasteiger partial charge in [-0.3, -0.25) is 9.59 Å². The Hall–Kier alpha value is -2.17. The van der Waals surface area contributed by atoms with Gasteiger partial charge in [0.25, 0.3) is 0 Å². The van der Waals surface area contributed by atoms with Gasteiger partial charge in [-0.05, 0) is 19.8 Å². The largest absolute Gasteiger partial charge is 0.464 e. The van der Waals surface area contributed by atoms with Crippen molar-refractivity contribution in [2.45, 2.75) is 38.1 Å². The predicted molar refractivity (Wildman–Crippen MR) is 83.8 cm³/mol. The highest BCUT2D eigenvalue weighted by molar-refractivity contribution is 5.98. The average Bonchev–Trinajstić information content (AvgIpc) is 3.09. The molecule has 23 heavy (non-hydrogen) atoms. The van der Waals surface area contributed by atoms with Crippen molar-refractivity contribution in [1.82, 2.24) is 4.90 Å². The molecule has 2 saturated heterocycles. The summed E-state index contributed by atoms with van der Waals surface area (Å²) in [6.07, 6.45) is 1.75. The van der Waals surface area contributed by atoms with Crippen molar-refractivity contribution in [1.29, 1.82) is 0 Å². The number of rotatable bonds is 5. The van der Waals surface area contributed by atoms with Gasteiger partial charge in [0.05, 0.1) is 6.61 Å². The van der Waals surface area contributed by atoms with E-state index in [-0.39, 0.29) is 36.6 Å². The van der Waals surface area contributed by atoms with Crippen molar-refractivity contribution < 1.29 is 19.1 Å². The monoisotopic (exact) mass is 315 g/mol. The Balaban J connectivity index is 1.85. The van der Waals surface area contributed by atoms with Gasteiger partial charge in [0, 0.05) is 30.9 Å². The maximum atomic E-state index is 12.6. The fourth-order valence-electron chi connectivity index (χ4n) is 3.93. The van der Waals surface area contributed by atoms with Gasteiger partial charge in [0.2, 0.25) is 5.91 Å². The minimum Gasteiger partial charge on any atom is -0.464 e. The maximum Gasteiger partial charge on any atom is 0.332 e. The Morgan fingerprint density at radius 2 is 2.04 bits per heavy atom.